The van der Waals surface area contributed by atoms with Crippen LogP contribution in [0.2, 0.25) is 0 Å². The lowest BCUT2D eigenvalue weighted by molar-refractivity contribution is -0.120. The fourth-order valence-electron chi connectivity index (χ4n) is 1.76. The fourth-order valence-corrected chi connectivity index (χ4v) is 2.46. The summed E-state index contributed by atoms with van der Waals surface area (Å²) in [5.74, 6) is -0.346. The Labute approximate surface area is 121 Å². The molecule has 6 heteroatoms. The molecule has 0 aromatic heterocycles. The van der Waals surface area contributed by atoms with Crippen LogP contribution in [-0.2, 0) is 9.59 Å². The SMILES string of the molecule is CC(=O)Nc1ccc(NC(=O)[C@]2(C)CC2(Cl)Cl)cc1. The molecule has 1 saturated carbocycles. The Bertz CT molecular complexity index is 528. The summed E-state index contributed by atoms with van der Waals surface area (Å²) in [4.78, 5) is 22.9. The maximum Gasteiger partial charge on any atom is 0.233 e. The molecule has 19 heavy (non-hydrogen) atoms. The van der Waals surface area contributed by atoms with Gasteiger partial charge in [0.15, 0.2) is 0 Å². The van der Waals surface area contributed by atoms with Crippen molar-refractivity contribution < 1.29 is 9.59 Å². The molecule has 1 aromatic rings. The third-order valence-electron chi connectivity index (χ3n) is 3.22. The van der Waals surface area contributed by atoms with Crippen LogP contribution in [0.1, 0.15) is 20.3 Å². The Balaban J connectivity index is 2.01. The molecule has 0 spiro atoms. The summed E-state index contributed by atoms with van der Waals surface area (Å²) < 4.78 is -0.979. The van der Waals surface area contributed by atoms with Gasteiger partial charge in [0.05, 0.1) is 5.41 Å². The zero-order chi connectivity index (χ0) is 14.3. The summed E-state index contributed by atoms with van der Waals surface area (Å²) in [7, 11) is 0. The highest BCUT2D eigenvalue weighted by atomic mass is 35.5. The molecule has 0 heterocycles. The number of hydrogen-bond donors (Lipinski definition) is 2. The molecule has 1 aromatic carbocycles. The van der Waals surface area contributed by atoms with Crippen molar-refractivity contribution >= 4 is 46.4 Å². The van der Waals surface area contributed by atoms with Gasteiger partial charge in [0.2, 0.25) is 11.8 Å². The molecular formula is C13H14Cl2N2O2. The van der Waals surface area contributed by atoms with Crippen molar-refractivity contribution in [2.75, 3.05) is 10.6 Å². The van der Waals surface area contributed by atoms with Gasteiger partial charge in [-0.3, -0.25) is 9.59 Å². The summed E-state index contributed by atoms with van der Waals surface area (Å²) in [6, 6.07) is 6.83. The highest BCUT2D eigenvalue weighted by Gasteiger charge is 2.67. The van der Waals surface area contributed by atoms with Crippen molar-refractivity contribution in [2.24, 2.45) is 5.41 Å². The van der Waals surface area contributed by atoms with E-state index in [1.165, 1.54) is 6.92 Å². The number of rotatable bonds is 3. The van der Waals surface area contributed by atoms with Gasteiger partial charge >= 0.3 is 0 Å². The highest BCUT2D eigenvalue weighted by molar-refractivity contribution is 6.53. The Kier molecular flexibility index (Phi) is 3.49. The van der Waals surface area contributed by atoms with E-state index in [9.17, 15) is 9.59 Å². The van der Waals surface area contributed by atoms with Crippen LogP contribution in [0.25, 0.3) is 0 Å². The second-order valence-electron chi connectivity index (χ2n) is 4.93. The number of alkyl halides is 2. The van der Waals surface area contributed by atoms with Crippen molar-refractivity contribution in [3.63, 3.8) is 0 Å². The van der Waals surface area contributed by atoms with Gasteiger partial charge in [0.25, 0.3) is 0 Å². The molecule has 0 bridgehead atoms. The summed E-state index contributed by atoms with van der Waals surface area (Å²) in [5.41, 5.74) is 0.565. The number of carbonyl (C=O) groups excluding carboxylic acids is 2. The first-order valence-corrected chi connectivity index (χ1v) is 6.57. The first-order chi connectivity index (χ1) is 8.74. The average Bonchev–Trinajstić information content (AvgIpc) is 2.82. The number of hydrogen-bond acceptors (Lipinski definition) is 2. The van der Waals surface area contributed by atoms with Gasteiger partial charge in [-0.1, -0.05) is 0 Å². The lowest BCUT2D eigenvalue weighted by atomic mass is 10.1. The summed E-state index contributed by atoms with van der Waals surface area (Å²) in [6.07, 6.45) is 0.443. The van der Waals surface area contributed by atoms with Crippen molar-refractivity contribution in [3.05, 3.63) is 24.3 Å². The van der Waals surface area contributed by atoms with Crippen molar-refractivity contribution in [3.8, 4) is 0 Å². The Morgan fingerprint density at radius 2 is 1.53 bits per heavy atom. The second-order valence-corrected chi connectivity index (χ2v) is 6.41. The lowest BCUT2D eigenvalue weighted by Gasteiger charge is -2.13. The quantitative estimate of drug-likeness (QED) is 0.842. The number of amides is 2. The van der Waals surface area contributed by atoms with Gasteiger partial charge in [-0.15, -0.1) is 23.2 Å². The van der Waals surface area contributed by atoms with Crippen LogP contribution < -0.4 is 10.6 Å². The smallest absolute Gasteiger partial charge is 0.233 e. The minimum atomic E-state index is -0.979. The Morgan fingerprint density at radius 1 is 1.11 bits per heavy atom. The molecule has 0 aliphatic heterocycles. The predicted molar refractivity (Wildman–Crippen MR) is 76.5 cm³/mol. The van der Waals surface area contributed by atoms with E-state index in [1.807, 2.05) is 0 Å². The van der Waals surface area contributed by atoms with E-state index in [1.54, 1.807) is 31.2 Å². The minimum absolute atomic E-state index is 0.142. The average molecular weight is 301 g/mol. The van der Waals surface area contributed by atoms with E-state index in [4.69, 9.17) is 23.2 Å². The van der Waals surface area contributed by atoms with Crippen LogP contribution >= 0.6 is 23.2 Å². The number of nitrogens with one attached hydrogen (secondary N) is 2. The number of anilines is 2. The van der Waals surface area contributed by atoms with Crippen LogP contribution in [0, 0.1) is 5.41 Å². The van der Waals surface area contributed by atoms with Gasteiger partial charge in [0.1, 0.15) is 4.33 Å². The molecule has 2 rings (SSSR count). The molecule has 2 amide bonds. The molecule has 1 aliphatic carbocycles. The van der Waals surface area contributed by atoms with E-state index in [-0.39, 0.29) is 11.8 Å². The van der Waals surface area contributed by atoms with E-state index in [0.717, 1.165) is 0 Å². The van der Waals surface area contributed by atoms with Crippen LogP contribution in [0.3, 0.4) is 0 Å². The summed E-state index contributed by atoms with van der Waals surface area (Å²) in [6.45, 7) is 3.16. The van der Waals surface area contributed by atoms with Crippen molar-refractivity contribution in [1.29, 1.82) is 0 Å². The fraction of sp³-hybridized carbons (Fsp3) is 0.385. The van der Waals surface area contributed by atoms with Crippen LogP contribution in [-0.4, -0.2) is 16.1 Å². The Morgan fingerprint density at radius 3 is 1.89 bits per heavy atom. The topological polar surface area (TPSA) is 58.2 Å². The molecule has 0 saturated heterocycles. The van der Waals surface area contributed by atoms with Gasteiger partial charge < -0.3 is 10.6 Å². The monoisotopic (exact) mass is 300 g/mol. The van der Waals surface area contributed by atoms with E-state index >= 15 is 0 Å². The number of halogens is 2. The van der Waals surface area contributed by atoms with E-state index in [2.05, 4.69) is 10.6 Å². The highest BCUT2D eigenvalue weighted by Crippen LogP contribution is 2.64. The minimum Gasteiger partial charge on any atom is -0.326 e. The molecule has 0 unspecified atom stereocenters. The molecular weight excluding hydrogens is 287 g/mol. The van der Waals surface area contributed by atoms with Crippen molar-refractivity contribution in [2.45, 2.75) is 24.6 Å². The molecule has 1 atom stereocenters. The molecule has 102 valence electrons. The molecule has 2 N–H and O–H groups in total. The number of carbonyl (C=O) groups is 2. The van der Waals surface area contributed by atoms with Gasteiger partial charge in [-0.25, -0.2) is 0 Å². The van der Waals surface area contributed by atoms with Gasteiger partial charge in [-0.2, -0.15) is 0 Å². The molecule has 0 radical (unpaired) electrons. The zero-order valence-electron chi connectivity index (χ0n) is 10.6. The predicted octanol–water partition coefficient (Wildman–Crippen LogP) is 3.17. The molecule has 1 fully saturated rings. The summed E-state index contributed by atoms with van der Waals surface area (Å²) in [5, 5.41) is 5.41. The normalized spacial score (nSPS) is 23.6. The van der Waals surface area contributed by atoms with Crippen LogP contribution in [0.15, 0.2) is 24.3 Å². The van der Waals surface area contributed by atoms with E-state index in [0.29, 0.717) is 17.8 Å². The largest absolute Gasteiger partial charge is 0.326 e. The van der Waals surface area contributed by atoms with Crippen molar-refractivity contribution in [1.82, 2.24) is 0 Å². The van der Waals surface area contributed by atoms with Crippen LogP contribution in [0.4, 0.5) is 11.4 Å². The van der Waals surface area contributed by atoms with Crippen LogP contribution in [0.5, 0.6) is 0 Å². The lowest BCUT2D eigenvalue weighted by Crippen LogP contribution is -2.25. The molecule has 4 nitrogen and oxygen atoms in total. The first-order valence-electron chi connectivity index (χ1n) is 5.81. The zero-order valence-corrected chi connectivity index (χ0v) is 12.1. The van der Waals surface area contributed by atoms with E-state index < -0.39 is 9.75 Å². The standard InChI is InChI=1S/C13H14Cl2N2O2/c1-8(18)16-9-3-5-10(6-4-9)17-11(19)12(2)7-13(12,14)15/h3-6H,7H2,1-2H3,(H,16,18)(H,17,19)/t12-/m0/s1. The second kappa shape index (κ2) is 4.69. The third-order valence-corrected chi connectivity index (χ3v) is 4.32. The maximum absolute atomic E-state index is 12.0. The first kappa shape index (κ1) is 14.2. The summed E-state index contributed by atoms with van der Waals surface area (Å²) >= 11 is 11.9. The van der Waals surface area contributed by atoms with Gasteiger partial charge in [-0.05, 0) is 37.6 Å². The third kappa shape index (κ3) is 2.85. The Hall–Kier alpha value is -1.26. The van der Waals surface area contributed by atoms with Gasteiger partial charge in [0, 0.05) is 18.3 Å². The molecule has 1 aliphatic rings. The maximum atomic E-state index is 12.0. The number of benzene rings is 1.